The number of Topliss-reactive ketones (excluding diaryl/α,β-unsaturated/α-hetero) is 1. The molecule has 0 bridgehead atoms. The van der Waals surface area contributed by atoms with Gasteiger partial charge in [0, 0.05) is 24.8 Å². The first kappa shape index (κ1) is 19.8. The number of carbonyl (C=O) groups excluding carboxylic acids is 3. The number of hydrogen-bond donors (Lipinski definition) is 1. The summed E-state index contributed by atoms with van der Waals surface area (Å²) >= 11 is 0. The van der Waals surface area contributed by atoms with Crippen LogP contribution in [0.15, 0.2) is 23.0 Å². The number of furan rings is 1. The first-order chi connectivity index (χ1) is 14.3. The van der Waals surface area contributed by atoms with E-state index in [1.54, 1.807) is 19.3 Å². The summed E-state index contributed by atoms with van der Waals surface area (Å²) < 4.78 is 22.2. The van der Waals surface area contributed by atoms with Crippen LogP contribution in [0.25, 0.3) is 0 Å². The molecule has 8 heteroatoms. The number of fused-ring (bicyclic) bond motifs is 3. The lowest BCUT2D eigenvalue weighted by atomic mass is 9.42. The zero-order valence-electron chi connectivity index (χ0n) is 17.1. The number of ether oxygens (including phenoxy) is 3. The Kier molecular flexibility index (Phi) is 4.22. The Morgan fingerprint density at radius 3 is 2.77 bits per heavy atom. The number of epoxide rings is 1. The van der Waals surface area contributed by atoms with Gasteiger partial charge in [-0.2, -0.15) is 0 Å². The number of hydrogen-bond acceptors (Lipinski definition) is 8. The van der Waals surface area contributed by atoms with E-state index in [1.807, 2.05) is 0 Å². The molecule has 162 valence electrons. The van der Waals surface area contributed by atoms with E-state index < -0.39 is 52.4 Å². The molecule has 2 saturated carbocycles. The Balaban J connectivity index is 1.64. The molecule has 2 aliphatic carbocycles. The first-order valence-corrected chi connectivity index (χ1v) is 10.5. The summed E-state index contributed by atoms with van der Waals surface area (Å²) in [6.45, 7) is 3.19. The lowest BCUT2D eigenvalue weighted by molar-refractivity contribution is -0.203. The number of aliphatic hydroxyl groups is 1. The molecule has 0 amide bonds. The highest BCUT2D eigenvalue weighted by Gasteiger charge is 2.79. The van der Waals surface area contributed by atoms with Gasteiger partial charge in [-0.25, -0.2) is 0 Å². The van der Waals surface area contributed by atoms with Crippen LogP contribution in [0.1, 0.15) is 51.2 Å². The summed E-state index contributed by atoms with van der Waals surface area (Å²) in [6.07, 6.45) is 3.54. The maximum absolute atomic E-state index is 13.6. The van der Waals surface area contributed by atoms with Gasteiger partial charge in [0.1, 0.15) is 29.8 Å². The van der Waals surface area contributed by atoms with Crippen LogP contribution >= 0.6 is 0 Å². The second-order valence-electron chi connectivity index (χ2n) is 9.27. The quantitative estimate of drug-likeness (QED) is 0.585. The van der Waals surface area contributed by atoms with Crippen LogP contribution in [0.5, 0.6) is 0 Å². The minimum Gasteiger partial charge on any atom is -0.472 e. The van der Waals surface area contributed by atoms with Gasteiger partial charge in [-0.1, -0.05) is 13.3 Å². The summed E-state index contributed by atoms with van der Waals surface area (Å²) in [4.78, 5) is 38.8. The summed E-state index contributed by atoms with van der Waals surface area (Å²) in [7, 11) is 0. The van der Waals surface area contributed by atoms with Crippen LogP contribution in [-0.4, -0.2) is 47.7 Å². The van der Waals surface area contributed by atoms with E-state index in [-0.39, 0.29) is 12.4 Å². The van der Waals surface area contributed by atoms with Gasteiger partial charge in [0.15, 0.2) is 5.78 Å². The van der Waals surface area contributed by atoms with Crippen molar-refractivity contribution in [2.45, 2.75) is 57.3 Å². The van der Waals surface area contributed by atoms with E-state index in [0.29, 0.717) is 25.9 Å². The summed E-state index contributed by atoms with van der Waals surface area (Å²) in [6, 6.07) is 1.75. The Bertz CT molecular complexity index is 887. The van der Waals surface area contributed by atoms with Crippen molar-refractivity contribution in [1.29, 1.82) is 0 Å². The number of cyclic esters (lactones) is 1. The van der Waals surface area contributed by atoms with Gasteiger partial charge in [0.2, 0.25) is 0 Å². The van der Waals surface area contributed by atoms with Gasteiger partial charge >= 0.3 is 11.9 Å². The topological polar surface area (TPSA) is 116 Å². The third-order valence-electron chi connectivity index (χ3n) is 8.16. The molecule has 4 fully saturated rings. The number of rotatable bonds is 3. The third-order valence-corrected chi connectivity index (χ3v) is 8.16. The number of carbonyl (C=O) groups is 3. The molecule has 2 aliphatic heterocycles. The Morgan fingerprint density at radius 2 is 2.13 bits per heavy atom. The predicted octanol–water partition coefficient (Wildman–Crippen LogP) is 1.95. The molecule has 0 radical (unpaired) electrons. The summed E-state index contributed by atoms with van der Waals surface area (Å²) in [5.74, 6) is -2.38. The van der Waals surface area contributed by atoms with Gasteiger partial charge in [-0.15, -0.1) is 0 Å². The third kappa shape index (κ3) is 2.32. The molecule has 2 spiro atoms. The van der Waals surface area contributed by atoms with Crippen LogP contribution in [0, 0.1) is 22.7 Å². The molecule has 8 nitrogen and oxygen atoms in total. The maximum atomic E-state index is 13.6. The minimum absolute atomic E-state index is 0.193. The largest absolute Gasteiger partial charge is 0.472 e. The average Bonchev–Trinajstić information content (AvgIpc) is 3.15. The molecule has 2 saturated heterocycles. The molecule has 3 heterocycles. The molecule has 0 unspecified atom stereocenters. The molecule has 1 aromatic rings. The van der Waals surface area contributed by atoms with Crippen LogP contribution < -0.4 is 0 Å². The monoisotopic (exact) mass is 418 g/mol. The molecular formula is C22H26O8. The molecular weight excluding hydrogens is 392 g/mol. The van der Waals surface area contributed by atoms with Crippen molar-refractivity contribution in [2.24, 2.45) is 22.7 Å². The SMILES string of the molecule is CC(=O)OC[C@@]12C(=O)[C@@H](O)[C@@H](C)[C@]3(C[C@@H](c4ccoc4)OC3=O)[C@H]1CCC[C@]21CO1. The zero-order valence-corrected chi connectivity index (χ0v) is 17.1. The fraction of sp³-hybridized carbons (Fsp3) is 0.682. The van der Waals surface area contributed by atoms with Crippen LogP contribution in [0.3, 0.4) is 0 Å². The Labute approximate surface area is 173 Å². The highest BCUT2D eigenvalue weighted by molar-refractivity contribution is 5.96. The molecule has 7 atom stereocenters. The van der Waals surface area contributed by atoms with Crippen molar-refractivity contribution >= 4 is 17.7 Å². The van der Waals surface area contributed by atoms with Crippen molar-refractivity contribution < 1.29 is 38.1 Å². The molecule has 0 aromatic carbocycles. The fourth-order valence-corrected chi connectivity index (χ4v) is 6.54. The van der Waals surface area contributed by atoms with E-state index in [4.69, 9.17) is 18.6 Å². The summed E-state index contributed by atoms with van der Waals surface area (Å²) in [5.41, 5.74) is -2.38. The van der Waals surface area contributed by atoms with Gasteiger partial charge < -0.3 is 23.7 Å². The van der Waals surface area contributed by atoms with E-state index in [9.17, 15) is 19.5 Å². The first-order valence-electron chi connectivity index (χ1n) is 10.5. The number of ketones is 1. The van der Waals surface area contributed by atoms with Crippen LogP contribution in [-0.2, 0) is 28.6 Å². The highest BCUT2D eigenvalue weighted by atomic mass is 16.6. The van der Waals surface area contributed by atoms with E-state index in [2.05, 4.69) is 0 Å². The summed E-state index contributed by atoms with van der Waals surface area (Å²) in [5, 5.41) is 11.1. The Hall–Kier alpha value is -2.19. The molecule has 1 N–H and O–H groups in total. The molecule has 30 heavy (non-hydrogen) atoms. The zero-order chi connectivity index (χ0) is 21.3. The van der Waals surface area contributed by atoms with Crippen LogP contribution in [0.4, 0.5) is 0 Å². The predicted molar refractivity (Wildman–Crippen MR) is 99.9 cm³/mol. The van der Waals surface area contributed by atoms with Crippen molar-refractivity contribution in [2.75, 3.05) is 13.2 Å². The van der Waals surface area contributed by atoms with Crippen molar-refractivity contribution in [3.8, 4) is 0 Å². The van der Waals surface area contributed by atoms with Gasteiger partial charge in [0.05, 0.1) is 24.5 Å². The second kappa shape index (κ2) is 6.40. The van der Waals surface area contributed by atoms with E-state index >= 15 is 0 Å². The lowest BCUT2D eigenvalue weighted by Crippen LogP contribution is -2.70. The van der Waals surface area contributed by atoms with Crippen molar-refractivity contribution in [3.63, 3.8) is 0 Å². The molecule has 4 aliphatic rings. The van der Waals surface area contributed by atoms with E-state index in [1.165, 1.54) is 13.2 Å². The molecule has 1 aromatic heterocycles. The highest BCUT2D eigenvalue weighted by Crippen LogP contribution is 2.69. The average molecular weight is 418 g/mol. The van der Waals surface area contributed by atoms with Crippen molar-refractivity contribution in [1.82, 2.24) is 0 Å². The normalized spacial score (nSPS) is 44.8. The van der Waals surface area contributed by atoms with Crippen LogP contribution in [0.2, 0.25) is 0 Å². The number of aliphatic hydroxyl groups excluding tert-OH is 1. The van der Waals surface area contributed by atoms with Crippen molar-refractivity contribution in [3.05, 3.63) is 24.2 Å². The maximum Gasteiger partial charge on any atom is 0.313 e. The standard InChI is InChI=1S/C22H26O8/c1-12-17(24)18(25)22(11-28-13(2)23)16(4-3-6-20(22)10-29-20)21(12)8-15(30-19(21)26)14-5-7-27-9-14/h5,7,9,12,15-17,24H,3-4,6,8,10-11H2,1-2H3/t12-,15+,16-,17+,20+,21-,22+/m1/s1. The molecule has 5 rings (SSSR count). The fourth-order valence-electron chi connectivity index (χ4n) is 6.54. The van der Waals surface area contributed by atoms with Gasteiger partial charge in [-0.3, -0.25) is 14.4 Å². The lowest BCUT2D eigenvalue weighted by Gasteiger charge is -2.58. The smallest absolute Gasteiger partial charge is 0.313 e. The van der Waals surface area contributed by atoms with E-state index in [0.717, 1.165) is 12.0 Å². The number of esters is 2. The van der Waals surface area contributed by atoms with Gasteiger partial charge in [-0.05, 0) is 24.8 Å². The Morgan fingerprint density at radius 1 is 1.37 bits per heavy atom. The second-order valence-corrected chi connectivity index (χ2v) is 9.27. The van der Waals surface area contributed by atoms with Gasteiger partial charge in [0.25, 0.3) is 0 Å². The minimum atomic E-state index is -1.37.